The summed E-state index contributed by atoms with van der Waals surface area (Å²) in [7, 11) is -2.21. The van der Waals surface area contributed by atoms with Crippen LogP contribution in [0.1, 0.15) is 38.5 Å². The largest absolute Gasteiger partial charge is 0.375 e. The molecule has 0 aliphatic carbocycles. The third-order valence-electron chi connectivity index (χ3n) is 5.91. The van der Waals surface area contributed by atoms with Crippen molar-refractivity contribution >= 4 is 19.0 Å². The zero-order chi connectivity index (χ0) is 17.6. The molecule has 2 aromatic heterocycles. The van der Waals surface area contributed by atoms with E-state index in [1.165, 1.54) is 25.7 Å². The van der Waals surface area contributed by atoms with Gasteiger partial charge in [0.15, 0.2) is 0 Å². The average Bonchev–Trinajstić information content (AvgIpc) is 3.46. The summed E-state index contributed by atoms with van der Waals surface area (Å²) >= 11 is 0. The van der Waals surface area contributed by atoms with Crippen molar-refractivity contribution in [1.82, 2.24) is 33.8 Å². The summed E-state index contributed by atoms with van der Waals surface area (Å²) in [5.41, 5.74) is 1.68. The van der Waals surface area contributed by atoms with Crippen molar-refractivity contribution in [2.45, 2.75) is 44.8 Å². The molecular weight excluding hydrogens is 349 g/mol. The molecule has 0 saturated carbocycles. The first-order chi connectivity index (χ1) is 12.8. The first-order valence-electron chi connectivity index (χ1n) is 9.84. The highest BCUT2D eigenvalue weighted by molar-refractivity contribution is 7.67. The van der Waals surface area contributed by atoms with Crippen LogP contribution in [0.15, 0.2) is 18.3 Å². The lowest BCUT2D eigenvalue weighted by Gasteiger charge is -2.43. The molecule has 5 rings (SSSR count). The van der Waals surface area contributed by atoms with Crippen molar-refractivity contribution in [3.05, 3.63) is 18.3 Å². The molecule has 8 nitrogen and oxygen atoms in total. The second-order valence-corrected chi connectivity index (χ2v) is 10.6. The van der Waals surface area contributed by atoms with Crippen molar-refractivity contribution in [1.29, 1.82) is 0 Å². The molecule has 9 heteroatoms. The number of pyridine rings is 1. The minimum atomic E-state index is -2.21. The molecule has 0 bridgehead atoms. The summed E-state index contributed by atoms with van der Waals surface area (Å²) in [4.78, 5) is 4.65. The van der Waals surface area contributed by atoms with E-state index in [9.17, 15) is 5.11 Å². The van der Waals surface area contributed by atoms with Gasteiger partial charge in [0.25, 0.3) is 0 Å². The molecule has 0 spiro atoms. The average molecular weight is 376 g/mol. The molecule has 0 amide bonds. The summed E-state index contributed by atoms with van der Waals surface area (Å²) in [5, 5.41) is 20.0. The third-order valence-corrected chi connectivity index (χ3v) is 10.2. The van der Waals surface area contributed by atoms with E-state index in [4.69, 9.17) is 0 Å². The van der Waals surface area contributed by atoms with Gasteiger partial charge in [-0.25, -0.2) is 4.98 Å². The fraction of sp³-hybridized carbons (Fsp3) is 0.706. The van der Waals surface area contributed by atoms with Crippen LogP contribution in [0.4, 0.5) is 0 Å². The molecule has 3 aliphatic heterocycles. The van der Waals surface area contributed by atoms with Crippen LogP contribution in [0.5, 0.6) is 0 Å². The maximum absolute atomic E-state index is 10.9. The number of aliphatic hydroxyl groups is 1. The number of rotatable bonds is 4. The van der Waals surface area contributed by atoms with Crippen LogP contribution >= 0.6 is 7.87 Å². The van der Waals surface area contributed by atoms with Crippen molar-refractivity contribution in [3.63, 3.8) is 0 Å². The van der Waals surface area contributed by atoms with Gasteiger partial charge in [-0.1, -0.05) is 4.67 Å². The van der Waals surface area contributed by atoms with Crippen molar-refractivity contribution < 1.29 is 5.11 Å². The van der Waals surface area contributed by atoms with E-state index in [1.807, 2.05) is 18.3 Å². The Hall–Kier alpha value is -1.18. The lowest BCUT2D eigenvalue weighted by Crippen LogP contribution is -2.48. The van der Waals surface area contributed by atoms with Crippen LogP contribution in [0.25, 0.3) is 11.2 Å². The van der Waals surface area contributed by atoms with Gasteiger partial charge in [-0.3, -0.25) is 0 Å². The highest BCUT2D eigenvalue weighted by atomic mass is 31.2. The molecule has 1 unspecified atom stereocenters. The van der Waals surface area contributed by atoms with E-state index < -0.39 is 14.1 Å². The summed E-state index contributed by atoms with van der Waals surface area (Å²) in [5.74, 6) is 0. The van der Waals surface area contributed by atoms with Crippen molar-refractivity contribution in [2.75, 3.05) is 32.7 Å². The van der Waals surface area contributed by atoms with Crippen LogP contribution < -0.4 is 0 Å². The molecule has 1 atom stereocenters. The number of aliphatic hydroxyl groups excluding tert-OH is 1. The zero-order valence-corrected chi connectivity index (χ0v) is 16.0. The van der Waals surface area contributed by atoms with Gasteiger partial charge in [0.2, 0.25) is 5.65 Å². The zero-order valence-electron chi connectivity index (χ0n) is 15.1. The number of aromatic nitrogens is 4. The van der Waals surface area contributed by atoms with Gasteiger partial charge in [-0.2, -0.15) is 0 Å². The van der Waals surface area contributed by atoms with Gasteiger partial charge in [-0.05, 0) is 60.3 Å². The van der Waals surface area contributed by atoms with Crippen LogP contribution in [0, 0.1) is 0 Å². The first kappa shape index (κ1) is 17.0. The van der Waals surface area contributed by atoms with Gasteiger partial charge >= 0.3 is 7.87 Å². The van der Waals surface area contributed by atoms with Gasteiger partial charge < -0.3 is 5.11 Å². The smallest absolute Gasteiger partial charge is 0.359 e. The van der Waals surface area contributed by atoms with E-state index in [0.717, 1.165) is 56.7 Å². The summed E-state index contributed by atoms with van der Waals surface area (Å²) in [6.45, 7) is 5.14. The quantitative estimate of drug-likeness (QED) is 0.818. The number of hydrogen-bond acceptors (Lipinski definition) is 7. The van der Waals surface area contributed by atoms with E-state index >= 15 is 0 Å². The predicted molar refractivity (Wildman–Crippen MR) is 101 cm³/mol. The third kappa shape index (κ3) is 2.43. The molecule has 26 heavy (non-hydrogen) atoms. The Morgan fingerprint density at radius 3 is 2.27 bits per heavy atom. The van der Waals surface area contributed by atoms with Gasteiger partial charge in [-0.15, -0.1) is 14.4 Å². The molecule has 2 aromatic rings. The monoisotopic (exact) mass is 376 g/mol. The van der Waals surface area contributed by atoms with Gasteiger partial charge in [0.1, 0.15) is 11.7 Å². The number of hydrogen-bond donors (Lipinski definition) is 1. The van der Waals surface area contributed by atoms with Gasteiger partial charge in [0.05, 0.1) is 0 Å². The summed E-state index contributed by atoms with van der Waals surface area (Å²) in [6, 6.07) is 3.90. The SMILES string of the molecule is OC1CCCN1[P+](N1CCCC1)(N1CCCC1)n1nnc2cccnc21. The Morgan fingerprint density at radius 1 is 0.962 bits per heavy atom. The fourth-order valence-corrected chi connectivity index (χ4v) is 9.55. The normalized spacial score (nSPS) is 26.4. The molecule has 0 radical (unpaired) electrons. The van der Waals surface area contributed by atoms with E-state index in [1.54, 1.807) is 0 Å². The van der Waals surface area contributed by atoms with Crippen molar-refractivity contribution in [3.8, 4) is 0 Å². The van der Waals surface area contributed by atoms with E-state index in [0.29, 0.717) is 0 Å². The predicted octanol–water partition coefficient (Wildman–Crippen LogP) is 1.96. The Balaban J connectivity index is 1.74. The maximum Gasteiger partial charge on any atom is 0.359 e. The Kier molecular flexibility index (Phi) is 4.41. The molecular formula is C17H27N7OP+. The number of nitrogens with zero attached hydrogens (tertiary/aromatic N) is 7. The van der Waals surface area contributed by atoms with Crippen LogP contribution in [0.3, 0.4) is 0 Å². The highest BCUT2D eigenvalue weighted by Gasteiger charge is 2.64. The highest BCUT2D eigenvalue weighted by Crippen LogP contribution is 2.71. The fourth-order valence-electron chi connectivity index (χ4n) is 4.77. The van der Waals surface area contributed by atoms with Crippen molar-refractivity contribution in [2.24, 2.45) is 0 Å². The second-order valence-electron chi connectivity index (χ2n) is 7.47. The molecule has 3 saturated heterocycles. The van der Waals surface area contributed by atoms with Crippen LogP contribution in [0.2, 0.25) is 0 Å². The molecule has 1 N–H and O–H groups in total. The van der Waals surface area contributed by atoms with Crippen LogP contribution in [-0.4, -0.2) is 77.8 Å². The lowest BCUT2D eigenvalue weighted by molar-refractivity contribution is 0.0835. The Labute approximate surface area is 154 Å². The lowest BCUT2D eigenvalue weighted by atomic mass is 10.4. The topological polar surface area (TPSA) is 73.6 Å². The van der Waals surface area contributed by atoms with E-state index in [2.05, 4.69) is 33.8 Å². The minimum absolute atomic E-state index is 0.410. The van der Waals surface area contributed by atoms with Gasteiger partial charge in [0, 0.05) is 38.9 Å². The van der Waals surface area contributed by atoms with Crippen LogP contribution in [-0.2, 0) is 0 Å². The summed E-state index contributed by atoms with van der Waals surface area (Å²) < 4.78 is 9.67. The molecule has 3 fully saturated rings. The first-order valence-corrected chi connectivity index (χ1v) is 11.4. The molecule has 3 aliphatic rings. The Morgan fingerprint density at radius 2 is 1.65 bits per heavy atom. The molecule has 140 valence electrons. The summed E-state index contributed by atoms with van der Waals surface area (Å²) in [6.07, 6.45) is 8.12. The second kappa shape index (κ2) is 6.77. The minimum Gasteiger partial charge on any atom is -0.375 e. The Bertz CT molecular complexity index is 755. The standard InChI is InChI=1S/C17H27N7OP/c25-16-8-6-14-23(16)26(21-10-1-2-11-21,22-12-3-4-13-22)24-17-15(19-20-24)7-5-9-18-17/h5,7,9,16,25H,1-4,6,8,10-14H2/q+1. The molecule has 5 heterocycles. The van der Waals surface area contributed by atoms with E-state index in [-0.39, 0.29) is 0 Å². The number of fused-ring (bicyclic) bond motifs is 1. The molecule has 0 aromatic carbocycles. The maximum atomic E-state index is 10.9.